The summed E-state index contributed by atoms with van der Waals surface area (Å²) >= 11 is 5.76. The van der Waals surface area contributed by atoms with E-state index in [9.17, 15) is 9.50 Å². The maximum Gasteiger partial charge on any atom is 0.163 e. The van der Waals surface area contributed by atoms with Crippen molar-refractivity contribution >= 4 is 46.3 Å². The molecule has 0 atom stereocenters. The fourth-order valence-corrected chi connectivity index (χ4v) is 3.57. The van der Waals surface area contributed by atoms with Gasteiger partial charge in [0.05, 0.1) is 36.6 Å². The van der Waals surface area contributed by atoms with Crippen LogP contribution in [0.4, 0.5) is 15.8 Å². The Balaban J connectivity index is 0.00000289. The predicted octanol–water partition coefficient (Wildman–Crippen LogP) is 4.62. The van der Waals surface area contributed by atoms with Crippen LogP contribution in [0.2, 0.25) is 5.02 Å². The molecule has 1 aromatic heterocycles. The largest absolute Gasteiger partial charge is 0.506 e. The summed E-state index contributed by atoms with van der Waals surface area (Å²) in [6.07, 6.45) is 1.61. The number of nitrogens with one attached hydrogen (secondary N) is 1. The molecule has 4 rings (SSSR count). The Bertz CT molecular complexity index is 1080. The standard InChI is InChI=1S/C22H23ClFN3O4.ClH/c1-29-21-10-14-17(26-19-12-20(28)15(23)11-16(19)24)2-3-25-18(14)13-22(21)31-9-6-27-4-7-30-8-5-27;/h2-3,10-13,28H,4-9H2,1H3,(H,25,26);1H. The molecule has 0 amide bonds. The molecule has 0 unspecified atom stereocenters. The molecule has 0 spiro atoms. The van der Waals surface area contributed by atoms with Gasteiger partial charge >= 0.3 is 0 Å². The van der Waals surface area contributed by atoms with E-state index in [0.29, 0.717) is 34.7 Å². The minimum absolute atomic E-state index is 0. The number of pyridine rings is 1. The molecular weight excluding hydrogens is 460 g/mol. The van der Waals surface area contributed by atoms with Crippen LogP contribution in [0.3, 0.4) is 0 Å². The van der Waals surface area contributed by atoms with E-state index in [1.807, 2.05) is 0 Å². The van der Waals surface area contributed by atoms with E-state index in [1.165, 1.54) is 6.07 Å². The summed E-state index contributed by atoms with van der Waals surface area (Å²) in [5.74, 6) is 0.341. The van der Waals surface area contributed by atoms with Gasteiger partial charge in [-0.1, -0.05) is 11.6 Å². The van der Waals surface area contributed by atoms with E-state index in [-0.39, 0.29) is 28.9 Å². The van der Waals surface area contributed by atoms with Crippen LogP contribution >= 0.6 is 24.0 Å². The number of benzene rings is 2. The van der Waals surface area contributed by atoms with Crippen molar-refractivity contribution in [3.63, 3.8) is 0 Å². The van der Waals surface area contributed by atoms with Crippen molar-refractivity contribution in [2.45, 2.75) is 0 Å². The first-order chi connectivity index (χ1) is 15.0. The number of fused-ring (bicyclic) bond motifs is 1. The molecule has 1 aliphatic heterocycles. The number of anilines is 2. The fraction of sp³-hybridized carbons (Fsp3) is 0.318. The van der Waals surface area contributed by atoms with E-state index < -0.39 is 5.82 Å². The third kappa shape index (κ3) is 5.45. The number of phenols is 1. The molecule has 2 heterocycles. The molecule has 0 saturated carbocycles. The molecule has 32 heavy (non-hydrogen) atoms. The van der Waals surface area contributed by atoms with Crippen LogP contribution < -0.4 is 14.8 Å². The van der Waals surface area contributed by atoms with Gasteiger partial charge in [-0.2, -0.15) is 0 Å². The smallest absolute Gasteiger partial charge is 0.163 e. The van der Waals surface area contributed by atoms with Gasteiger partial charge in [-0.25, -0.2) is 4.39 Å². The maximum absolute atomic E-state index is 14.3. The number of rotatable bonds is 7. The summed E-state index contributed by atoms with van der Waals surface area (Å²) in [5, 5.41) is 13.5. The molecule has 0 bridgehead atoms. The third-order valence-corrected chi connectivity index (χ3v) is 5.40. The van der Waals surface area contributed by atoms with Crippen LogP contribution in [0.25, 0.3) is 10.9 Å². The van der Waals surface area contributed by atoms with Crippen molar-refractivity contribution in [2.75, 3.05) is 51.9 Å². The number of morpholine rings is 1. The van der Waals surface area contributed by atoms with Crippen molar-refractivity contribution in [3.8, 4) is 17.2 Å². The number of aromatic hydroxyl groups is 1. The first-order valence-electron chi connectivity index (χ1n) is 9.90. The molecule has 2 N–H and O–H groups in total. The average molecular weight is 484 g/mol. The average Bonchev–Trinajstić information content (AvgIpc) is 2.78. The number of phenolic OH excluding ortho intramolecular Hbond substituents is 1. The molecule has 3 aromatic rings. The predicted molar refractivity (Wildman–Crippen MR) is 125 cm³/mol. The number of hydrogen-bond acceptors (Lipinski definition) is 7. The van der Waals surface area contributed by atoms with E-state index in [0.717, 1.165) is 38.9 Å². The van der Waals surface area contributed by atoms with Gasteiger partial charge in [0, 0.05) is 49.0 Å². The number of aromatic nitrogens is 1. The van der Waals surface area contributed by atoms with Crippen LogP contribution in [0.5, 0.6) is 17.2 Å². The van der Waals surface area contributed by atoms with Crippen molar-refractivity contribution < 1.29 is 23.7 Å². The Morgan fingerprint density at radius 1 is 1.19 bits per heavy atom. The van der Waals surface area contributed by atoms with Gasteiger partial charge in [0.2, 0.25) is 0 Å². The van der Waals surface area contributed by atoms with Gasteiger partial charge < -0.3 is 24.6 Å². The molecular formula is C22H24Cl2FN3O4. The summed E-state index contributed by atoms with van der Waals surface area (Å²) in [6, 6.07) is 7.61. The molecule has 0 aliphatic carbocycles. The van der Waals surface area contributed by atoms with Crippen molar-refractivity contribution in [2.24, 2.45) is 0 Å². The lowest BCUT2D eigenvalue weighted by atomic mass is 10.1. The molecule has 1 fully saturated rings. The Morgan fingerprint density at radius 2 is 1.97 bits per heavy atom. The lowest BCUT2D eigenvalue weighted by molar-refractivity contribution is 0.0321. The van der Waals surface area contributed by atoms with Gasteiger partial charge in [0.15, 0.2) is 11.5 Å². The van der Waals surface area contributed by atoms with E-state index in [4.69, 9.17) is 25.8 Å². The SMILES string of the molecule is COc1cc2c(Nc3cc(O)c(Cl)cc3F)ccnc2cc1OCCN1CCOCC1.Cl. The second-order valence-electron chi connectivity index (χ2n) is 7.09. The Hall–Kier alpha value is -2.52. The highest BCUT2D eigenvalue weighted by molar-refractivity contribution is 6.32. The second-order valence-corrected chi connectivity index (χ2v) is 7.50. The van der Waals surface area contributed by atoms with Crippen LogP contribution in [-0.4, -0.2) is 61.6 Å². The lowest BCUT2D eigenvalue weighted by Crippen LogP contribution is -2.38. The van der Waals surface area contributed by atoms with Crippen molar-refractivity contribution in [1.82, 2.24) is 9.88 Å². The van der Waals surface area contributed by atoms with Gasteiger partial charge in [-0.05, 0) is 18.2 Å². The summed E-state index contributed by atoms with van der Waals surface area (Å²) in [4.78, 5) is 6.69. The van der Waals surface area contributed by atoms with Crippen molar-refractivity contribution in [3.05, 3.63) is 47.4 Å². The molecule has 7 nitrogen and oxygen atoms in total. The van der Waals surface area contributed by atoms with Crippen LogP contribution in [-0.2, 0) is 4.74 Å². The van der Waals surface area contributed by atoms with E-state index in [2.05, 4.69) is 15.2 Å². The zero-order valence-electron chi connectivity index (χ0n) is 17.4. The monoisotopic (exact) mass is 483 g/mol. The highest BCUT2D eigenvalue weighted by atomic mass is 35.5. The number of ether oxygens (including phenoxy) is 3. The van der Waals surface area contributed by atoms with E-state index in [1.54, 1.807) is 31.5 Å². The zero-order chi connectivity index (χ0) is 21.8. The number of hydrogen-bond donors (Lipinski definition) is 2. The molecule has 1 saturated heterocycles. The van der Waals surface area contributed by atoms with Gasteiger partial charge in [-0.3, -0.25) is 9.88 Å². The van der Waals surface area contributed by atoms with E-state index >= 15 is 0 Å². The number of methoxy groups -OCH3 is 1. The highest BCUT2D eigenvalue weighted by Gasteiger charge is 2.15. The van der Waals surface area contributed by atoms with Gasteiger partial charge in [0.25, 0.3) is 0 Å². The lowest BCUT2D eigenvalue weighted by Gasteiger charge is -2.26. The minimum atomic E-state index is -0.581. The molecule has 172 valence electrons. The van der Waals surface area contributed by atoms with Gasteiger partial charge in [0.1, 0.15) is 18.2 Å². The quantitative estimate of drug-likeness (QED) is 0.507. The number of nitrogens with zero attached hydrogens (tertiary/aromatic N) is 2. The Kier molecular flexibility index (Phi) is 8.20. The summed E-state index contributed by atoms with van der Waals surface area (Å²) in [7, 11) is 1.57. The normalized spacial score (nSPS) is 14.1. The molecule has 2 aromatic carbocycles. The zero-order valence-corrected chi connectivity index (χ0v) is 19.0. The second kappa shape index (κ2) is 10.9. The summed E-state index contributed by atoms with van der Waals surface area (Å²) in [6.45, 7) is 4.57. The van der Waals surface area contributed by atoms with Crippen LogP contribution in [0, 0.1) is 5.82 Å². The topological polar surface area (TPSA) is 76.1 Å². The third-order valence-electron chi connectivity index (χ3n) is 5.10. The van der Waals surface area contributed by atoms with Crippen molar-refractivity contribution in [1.29, 1.82) is 0 Å². The first kappa shape index (κ1) is 24.1. The first-order valence-corrected chi connectivity index (χ1v) is 10.3. The number of halogens is 3. The molecule has 10 heteroatoms. The molecule has 0 radical (unpaired) electrons. The Labute approximate surface area is 196 Å². The highest BCUT2D eigenvalue weighted by Crippen LogP contribution is 2.37. The van der Waals surface area contributed by atoms with Crippen LogP contribution in [0.1, 0.15) is 0 Å². The minimum Gasteiger partial charge on any atom is -0.506 e. The fourth-order valence-electron chi connectivity index (χ4n) is 3.42. The summed E-state index contributed by atoms with van der Waals surface area (Å²) < 4.78 is 31.1. The summed E-state index contributed by atoms with van der Waals surface area (Å²) in [5.41, 5.74) is 1.36. The Morgan fingerprint density at radius 3 is 2.72 bits per heavy atom. The molecule has 1 aliphatic rings. The van der Waals surface area contributed by atoms with Gasteiger partial charge in [-0.15, -0.1) is 12.4 Å². The maximum atomic E-state index is 14.3. The van der Waals surface area contributed by atoms with Crippen LogP contribution in [0.15, 0.2) is 36.5 Å².